The van der Waals surface area contributed by atoms with Crippen LogP contribution in [0.2, 0.25) is 0 Å². The lowest BCUT2D eigenvalue weighted by atomic mass is 9.68. The van der Waals surface area contributed by atoms with E-state index in [0.29, 0.717) is 0 Å². The predicted octanol–water partition coefficient (Wildman–Crippen LogP) is 9.22. The average molecular weight is 590 g/mol. The summed E-state index contributed by atoms with van der Waals surface area (Å²) in [6.45, 7) is 0. The van der Waals surface area contributed by atoms with Crippen LogP contribution in [0.1, 0.15) is 22.3 Å². The summed E-state index contributed by atoms with van der Waals surface area (Å²) in [5.41, 5.74) is 11.6. The van der Waals surface area contributed by atoms with Crippen molar-refractivity contribution in [2.45, 2.75) is 5.41 Å². The maximum absolute atomic E-state index is 2.56. The zero-order chi connectivity index (χ0) is 29.5. The first kappa shape index (κ1) is 25.1. The highest BCUT2D eigenvalue weighted by molar-refractivity contribution is 7.80. The minimum atomic E-state index is -0.852. The molecule has 0 saturated heterocycles. The van der Waals surface area contributed by atoms with Crippen LogP contribution in [0.15, 0.2) is 170 Å². The Morgan fingerprint density at radius 1 is 0.467 bits per heavy atom. The molecule has 1 atom stereocenters. The second-order valence-electron chi connectivity index (χ2n) is 12.1. The lowest BCUT2D eigenvalue weighted by Crippen LogP contribution is -2.32. The highest BCUT2D eigenvalue weighted by Crippen LogP contribution is 2.59. The topological polar surface area (TPSA) is 4.93 Å². The van der Waals surface area contributed by atoms with Gasteiger partial charge in [-0.15, -0.1) is 0 Å². The Balaban J connectivity index is 1.43. The summed E-state index contributed by atoms with van der Waals surface area (Å²) in [7, 11) is -0.852. The van der Waals surface area contributed by atoms with Gasteiger partial charge in [-0.05, 0) is 58.7 Å². The Labute approximate surface area is 263 Å². The van der Waals surface area contributed by atoms with Crippen LogP contribution in [-0.2, 0) is 5.41 Å². The van der Waals surface area contributed by atoms with Crippen molar-refractivity contribution in [1.29, 1.82) is 0 Å². The van der Waals surface area contributed by atoms with Crippen LogP contribution >= 0.6 is 7.92 Å². The summed E-state index contributed by atoms with van der Waals surface area (Å²) in [6, 6.07) is 63.5. The van der Waals surface area contributed by atoms with Gasteiger partial charge in [0, 0.05) is 21.4 Å². The number of hydrogen-bond donors (Lipinski definition) is 0. The molecule has 210 valence electrons. The van der Waals surface area contributed by atoms with Gasteiger partial charge in [-0.1, -0.05) is 158 Å². The van der Waals surface area contributed by atoms with Crippen molar-refractivity contribution in [3.63, 3.8) is 0 Å². The normalized spacial score (nSPS) is 15.5. The van der Waals surface area contributed by atoms with Gasteiger partial charge in [-0.25, -0.2) is 0 Å². The summed E-state index contributed by atoms with van der Waals surface area (Å²) >= 11 is 0. The van der Waals surface area contributed by atoms with Gasteiger partial charge < -0.3 is 4.57 Å². The highest BCUT2D eigenvalue weighted by atomic mass is 31.1. The van der Waals surface area contributed by atoms with Crippen LogP contribution in [0.25, 0.3) is 38.6 Å². The maximum Gasteiger partial charge on any atom is 0.0713 e. The van der Waals surface area contributed by atoms with Crippen molar-refractivity contribution >= 4 is 45.6 Å². The Morgan fingerprint density at radius 3 is 1.84 bits per heavy atom. The Hall–Kier alpha value is -5.23. The molecule has 8 aromatic rings. The molecule has 1 unspecified atom stereocenters. The van der Waals surface area contributed by atoms with Crippen molar-refractivity contribution in [1.82, 2.24) is 4.57 Å². The lowest BCUT2D eigenvalue weighted by molar-refractivity contribution is 0.768. The molecule has 0 fully saturated rings. The SMILES string of the molecule is c1ccc(P2c3c(ccc4c3-c3ccccc3C4(c3ccccc3)c3ccccc3)-n3c4ccccc4c4cccc2c43)cc1. The van der Waals surface area contributed by atoms with E-state index in [-0.39, 0.29) is 0 Å². The molecule has 2 aliphatic rings. The molecule has 1 nitrogen and oxygen atoms in total. The second kappa shape index (κ2) is 9.38. The quantitative estimate of drug-likeness (QED) is 0.181. The third-order valence-corrected chi connectivity index (χ3v) is 12.5. The number of rotatable bonds is 3. The maximum atomic E-state index is 2.56. The van der Waals surface area contributed by atoms with Crippen molar-refractivity contribution in [3.05, 3.63) is 192 Å². The van der Waals surface area contributed by atoms with E-state index in [1.54, 1.807) is 0 Å². The van der Waals surface area contributed by atoms with Gasteiger partial charge in [0.2, 0.25) is 0 Å². The Morgan fingerprint density at radius 2 is 1.09 bits per heavy atom. The van der Waals surface area contributed by atoms with E-state index < -0.39 is 13.3 Å². The summed E-state index contributed by atoms with van der Waals surface area (Å²) < 4.78 is 2.56. The van der Waals surface area contributed by atoms with Crippen molar-refractivity contribution < 1.29 is 0 Å². The largest absolute Gasteiger partial charge is 0.308 e. The van der Waals surface area contributed by atoms with Crippen LogP contribution < -0.4 is 15.9 Å². The predicted molar refractivity (Wildman–Crippen MR) is 190 cm³/mol. The molecule has 2 heterocycles. The molecule has 0 spiro atoms. The van der Waals surface area contributed by atoms with Crippen molar-refractivity contribution in [2.24, 2.45) is 0 Å². The van der Waals surface area contributed by atoms with Gasteiger partial charge in [-0.3, -0.25) is 0 Å². The number of nitrogens with zero attached hydrogens (tertiary/aromatic N) is 1. The van der Waals surface area contributed by atoms with Gasteiger partial charge in [0.25, 0.3) is 0 Å². The summed E-state index contributed by atoms with van der Waals surface area (Å²) in [5, 5.41) is 6.92. The standard InChI is InChI=1S/C43H28NP/c1-4-15-29(16-5-1)43(30-17-6-2-7-18-30)35-24-12-10-22-34(35)40-36(43)27-28-38-42(40)45(31-19-8-3-9-20-31)39-26-14-23-33-32-21-11-13-25-37(32)44(38)41(33)39/h1-28H. The zero-order valence-corrected chi connectivity index (χ0v) is 25.5. The number of fused-ring (bicyclic) bond motifs is 9. The molecule has 0 saturated carbocycles. The Kier molecular flexibility index (Phi) is 5.24. The smallest absolute Gasteiger partial charge is 0.0713 e. The third-order valence-electron chi connectivity index (χ3n) is 9.97. The first-order valence-electron chi connectivity index (χ1n) is 15.6. The van der Waals surface area contributed by atoms with Crippen LogP contribution in [0, 0.1) is 0 Å². The van der Waals surface area contributed by atoms with E-state index in [1.165, 1.54) is 76.8 Å². The fourth-order valence-corrected chi connectivity index (χ4v) is 11.1. The number of benzene rings is 7. The molecular weight excluding hydrogens is 561 g/mol. The zero-order valence-electron chi connectivity index (χ0n) is 24.6. The first-order valence-corrected chi connectivity index (χ1v) is 17.0. The van der Waals surface area contributed by atoms with E-state index >= 15 is 0 Å². The minimum Gasteiger partial charge on any atom is -0.308 e. The summed E-state index contributed by atoms with van der Waals surface area (Å²) in [5.74, 6) is 0. The van der Waals surface area contributed by atoms with E-state index in [0.717, 1.165) is 0 Å². The van der Waals surface area contributed by atoms with Crippen LogP contribution in [0.3, 0.4) is 0 Å². The van der Waals surface area contributed by atoms with Gasteiger partial charge in [0.1, 0.15) is 0 Å². The molecular formula is C43H28NP. The molecule has 0 amide bonds. The number of hydrogen-bond acceptors (Lipinski definition) is 0. The van der Waals surface area contributed by atoms with E-state index in [2.05, 4.69) is 174 Å². The molecule has 0 radical (unpaired) electrons. The summed E-state index contributed by atoms with van der Waals surface area (Å²) in [4.78, 5) is 0. The van der Waals surface area contributed by atoms with Gasteiger partial charge in [0.15, 0.2) is 0 Å². The fourth-order valence-electron chi connectivity index (χ4n) is 8.31. The van der Waals surface area contributed by atoms with Gasteiger partial charge in [-0.2, -0.15) is 0 Å². The lowest BCUT2D eigenvalue weighted by Gasteiger charge is -2.35. The molecule has 2 heteroatoms. The van der Waals surface area contributed by atoms with E-state index in [1.807, 2.05) is 0 Å². The molecule has 10 rings (SSSR count). The first-order chi connectivity index (χ1) is 22.4. The van der Waals surface area contributed by atoms with E-state index in [9.17, 15) is 0 Å². The van der Waals surface area contributed by atoms with Crippen LogP contribution in [0.4, 0.5) is 0 Å². The molecule has 1 aliphatic carbocycles. The number of aromatic nitrogens is 1. The highest BCUT2D eigenvalue weighted by Gasteiger charge is 2.48. The monoisotopic (exact) mass is 589 g/mol. The van der Waals surface area contributed by atoms with Gasteiger partial charge >= 0.3 is 0 Å². The van der Waals surface area contributed by atoms with Gasteiger partial charge in [0.05, 0.1) is 22.1 Å². The van der Waals surface area contributed by atoms with Crippen molar-refractivity contribution in [3.8, 4) is 16.8 Å². The molecule has 1 aliphatic heterocycles. The molecule has 0 N–H and O–H groups in total. The minimum absolute atomic E-state index is 0.424. The average Bonchev–Trinajstić information content (AvgIpc) is 3.62. The second-order valence-corrected chi connectivity index (χ2v) is 14.2. The third kappa shape index (κ3) is 3.21. The molecule has 7 aromatic carbocycles. The van der Waals surface area contributed by atoms with Crippen LogP contribution in [-0.4, -0.2) is 4.57 Å². The fraction of sp³-hybridized carbons (Fsp3) is 0.0233. The van der Waals surface area contributed by atoms with Crippen LogP contribution in [0.5, 0.6) is 0 Å². The molecule has 45 heavy (non-hydrogen) atoms. The van der Waals surface area contributed by atoms with E-state index in [4.69, 9.17) is 0 Å². The Bertz CT molecular complexity index is 2380. The van der Waals surface area contributed by atoms with Crippen molar-refractivity contribution in [2.75, 3.05) is 0 Å². The summed E-state index contributed by atoms with van der Waals surface area (Å²) in [6.07, 6.45) is 0. The number of para-hydroxylation sites is 2. The molecule has 1 aromatic heterocycles. The molecule has 0 bridgehead atoms.